The Morgan fingerprint density at radius 1 is 1.14 bits per heavy atom. The van der Waals surface area contributed by atoms with Gasteiger partial charge in [-0.05, 0) is 49.2 Å². The van der Waals surface area contributed by atoms with Crippen LogP contribution in [0.3, 0.4) is 0 Å². The monoisotopic (exact) mass is 501 g/mol. The van der Waals surface area contributed by atoms with Crippen LogP contribution in [0.2, 0.25) is 0 Å². The molecule has 0 radical (unpaired) electrons. The molecule has 4 aromatic rings. The maximum Gasteiger partial charge on any atom is 0.275 e. The Balaban J connectivity index is 1.53. The quantitative estimate of drug-likeness (QED) is 0.269. The number of aromatic nitrogens is 3. The fraction of sp³-hybridized carbons (Fsp3) is 0.192. The topological polar surface area (TPSA) is 119 Å². The molecular weight excluding hydrogens is 478 g/mol. The molecule has 0 bridgehead atoms. The summed E-state index contributed by atoms with van der Waals surface area (Å²) < 4.78 is 12.9. The van der Waals surface area contributed by atoms with E-state index in [4.69, 9.17) is 9.47 Å². The fourth-order valence-corrected chi connectivity index (χ4v) is 4.16. The Morgan fingerprint density at radius 2 is 1.94 bits per heavy atom. The molecular formula is C26H23N5O4S. The van der Waals surface area contributed by atoms with E-state index in [2.05, 4.69) is 15.4 Å². The molecule has 1 N–H and O–H groups in total. The molecule has 9 nitrogen and oxygen atoms in total. The molecule has 0 aliphatic heterocycles. The number of hydrogen-bond acceptors (Lipinski definition) is 8. The Morgan fingerprint density at radius 3 is 2.67 bits per heavy atom. The number of nitriles is 1. The minimum Gasteiger partial charge on any atom is -0.490 e. The maximum absolute atomic E-state index is 12.5. The second-order valence-corrected chi connectivity index (χ2v) is 8.59. The van der Waals surface area contributed by atoms with Gasteiger partial charge in [0.1, 0.15) is 23.3 Å². The largest absolute Gasteiger partial charge is 0.490 e. The van der Waals surface area contributed by atoms with Crippen molar-refractivity contribution in [3.63, 3.8) is 0 Å². The van der Waals surface area contributed by atoms with Gasteiger partial charge in [0.05, 0.1) is 12.3 Å². The molecule has 0 fully saturated rings. The van der Waals surface area contributed by atoms with Crippen LogP contribution in [-0.2, 0) is 17.8 Å². The Bertz CT molecular complexity index is 1520. The lowest BCUT2D eigenvalue weighted by atomic mass is 10.1. The number of para-hydroxylation sites is 1. The number of carbonyl (C=O) groups is 1. The zero-order valence-corrected chi connectivity index (χ0v) is 20.5. The number of ether oxygens (including phenoxy) is 2. The minimum absolute atomic E-state index is 0.0519. The van der Waals surface area contributed by atoms with Gasteiger partial charge in [-0.3, -0.25) is 9.59 Å². The van der Waals surface area contributed by atoms with Gasteiger partial charge in [0.15, 0.2) is 11.5 Å². The number of nitrogens with zero attached hydrogens (tertiary/aromatic N) is 4. The summed E-state index contributed by atoms with van der Waals surface area (Å²) in [4.78, 5) is 29.9. The highest BCUT2D eigenvalue weighted by molar-refractivity contribution is 7.16. The summed E-state index contributed by atoms with van der Waals surface area (Å²) in [6, 6.07) is 17.3. The van der Waals surface area contributed by atoms with Crippen molar-refractivity contribution in [1.29, 1.82) is 5.26 Å². The predicted molar refractivity (Wildman–Crippen MR) is 137 cm³/mol. The molecule has 2 aromatic heterocycles. The Hall–Kier alpha value is -4.49. The van der Waals surface area contributed by atoms with Crippen LogP contribution in [0.15, 0.2) is 65.0 Å². The van der Waals surface area contributed by atoms with Crippen molar-refractivity contribution in [2.75, 3.05) is 11.9 Å². The SMILES string of the molecule is CCOc1cc(C=C(C#N)C(=O)Nc2ccccc2)ccc1OCc1cc(=O)n2nc(CC)sc2n1. The van der Waals surface area contributed by atoms with Gasteiger partial charge in [0.25, 0.3) is 11.5 Å². The first kappa shape index (κ1) is 24.6. The number of anilines is 1. The van der Waals surface area contributed by atoms with E-state index in [9.17, 15) is 14.9 Å². The number of carbonyl (C=O) groups excluding carboxylic acids is 1. The smallest absolute Gasteiger partial charge is 0.275 e. The number of amides is 1. The van der Waals surface area contributed by atoms with Crippen molar-refractivity contribution < 1.29 is 14.3 Å². The summed E-state index contributed by atoms with van der Waals surface area (Å²) in [5, 5.41) is 17.3. The van der Waals surface area contributed by atoms with E-state index in [0.717, 1.165) is 11.4 Å². The third-order valence-corrected chi connectivity index (χ3v) is 6.05. The van der Waals surface area contributed by atoms with Crippen LogP contribution in [0.25, 0.3) is 11.0 Å². The van der Waals surface area contributed by atoms with Crippen LogP contribution in [0.1, 0.15) is 30.1 Å². The molecule has 0 unspecified atom stereocenters. The molecule has 4 rings (SSSR count). The molecule has 0 aliphatic rings. The minimum atomic E-state index is -0.510. The van der Waals surface area contributed by atoms with Crippen LogP contribution in [0.4, 0.5) is 5.69 Å². The first-order valence-corrected chi connectivity index (χ1v) is 12.1. The van der Waals surface area contributed by atoms with Crippen molar-refractivity contribution >= 4 is 34.0 Å². The summed E-state index contributed by atoms with van der Waals surface area (Å²) >= 11 is 1.37. The van der Waals surface area contributed by atoms with Gasteiger partial charge in [-0.15, -0.1) is 0 Å². The summed E-state index contributed by atoms with van der Waals surface area (Å²) in [6.45, 7) is 4.25. The molecule has 2 heterocycles. The van der Waals surface area contributed by atoms with Gasteiger partial charge in [-0.2, -0.15) is 14.9 Å². The third-order valence-electron chi connectivity index (χ3n) is 4.99. The highest BCUT2D eigenvalue weighted by atomic mass is 32.1. The first-order valence-electron chi connectivity index (χ1n) is 11.3. The van der Waals surface area contributed by atoms with Gasteiger partial charge in [0, 0.05) is 11.8 Å². The van der Waals surface area contributed by atoms with Gasteiger partial charge in [-0.25, -0.2) is 4.98 Å². The Labute approximate surface area is 211 Å². The number of rotatable bonds is 9. The van der Waals surface area contributed by atoms with Crippen molar-refractivity contribution in [3.05, 3.63) is 86.8 Å². The van der Waals surface area contributed by atoms with Crippen molar-refractivity contribution in [1.82, 2.24) is 14.6 Å². The molecule has 0 aliphatic carbocycles. The van der Waals surface area contributed by atoms with Gasteiger partial charge >= 0.3 is 0 Å². The van der Waals surface area contributed by atoms with E-state index in [-0.39, 0.29) is 17.7 Å². The van der Waals surface area contributed by atoms with Gasteiger partial charge in [0.2, 0.25) is 4.96 Å². The zero-order valence-electron chi connectivity index (χ0n) is 19.7. The van der Waals surface area contributed by atoms with Crippen LogP contribution >= 0.6 is 11.3 Å². The molecule has 1 amide bonds. The number of hydrogen-bond donors (Lipinski definition) is 1. The van der Waals surface area contributed by atoms with Gasteiger partial charge in [-0.1, -0.05) is 42.5 Å². The van der Waals surface area contributed by atoms with Crippen LogP contribution in [0.5, 0.6) is 11.5 Å². The van der Waals surface area contributed by atoms with E-state index >= 15 is 0 Å². The van der Waals surface area contributed by atoms with Gasteiger partial charge < -0.3 is 14.8 Å². The molecule has 0 atom stereocenters. The maximum atomic E-state index is 12.5. The van der Waals surface area contributed by atoms with E-state index < -0.39 is 5.91 Å². The van der Waals surface area contributed by atoms with E-state index in [1.165, 1.54) is 28.0 Å². The molecule has 0 saturated carbocycles. The summed E-state index contributed by atoms with van der Waals surface area (Å²) in [5.41, 5.74) is 1.35. The van der Waals surface area contributed by atoms with E-state index in [1.807, 2.05) is 26.0 Å². The molecule has 0 spiro atoms. The van der Waals surface area contributed by atoms with Crippen molar-refractivity contribution in [3.8, 4) is 17.6 Å². The zero-order chi connectivity index (χ0) is 25.5. The molecule has 182 valence electrons. The van der Waals surface area contributed by atoms with E-state index in [1.54, 1.807) is 42.5 Å². The first-order chi connectivity index (χ1) is 17.5. The summed E-state index contributed by atoms with van der Waals surface area (Å²) in [6.07, 6.45) is 2.20. The summed E-state index contributed by atoms with van der Waals surface area (Å²) in [5.74, 6) is 0.377. The lowest BCUT2D eigenvalue weighted by Crippen LogP contribution is -2.16. The predicted octanol–water partition coefficient (Wildman–Crippen LogP) is 4.24. The summed E-state index contributed by atoms with van der Waals surface area (Å²) in [7, 11) is 0. The number of nitrogens with one attached hydrogen (secondary N) is 1. The lowest BCUT2D eigenvalue weighted by Gasteiger charge is -2.12. The highest BCUT2D eigenvalue weighted by Crippen LogP contribution is 2.30. The number of fused-ring (bicyclic) bond motifs is 1. The Kier molecular flexibility index (Phi) is 7.72. The average Bonchev–Trinajstić information content (AvgIpc) is 3.31. The number of benzene rings is 2. The van der Waals surface area contributed by atoms with Crippen LogP contribution in [-0.4, -0.2) is 27.1 Å². The van der Waals surface area contributed by atoms with Crippen molar-refractivity contribution in [2.24, 2.45) is 0 Å². The number of aryl methyl sites for hydroxylation is 1. The molecule has 10 heteroatoms. The van der Waals surface area contributed by atoms with Crippen LogP contribution in [0, 0.1) is 11.3 Å². The second kappa shape index (κ2) is 11.3. The highest BCUT2D eigenvalue weighted by Gasteiger charge is 2.13. The normalized spacial score (nSPS) is 11.2. The van der Waals surface area contributed by atoms with Crippen molar-refractivity contribution in [2.45, 2.75) is 26.9 Å². The molecule has 0 saturated heterocycles. The fourth-order valence-electron chi connectivity index (χ4n) is 3.30. The van der Waals surface area contributed by atoms with Crippen LogP contribution < -0.4 is 20.3 Å². The average molecular weight is 502 g/mol. The van der Waals surface area contributed by atoms with E-state index in [0.29, 0.717) is 40.0 Å². The molecule has 36 heavy (non-hydrogen) atoms. The third kappa shape index (κ3) is 5.76. The standard InChI is InChI=1S/C26H23N5O4S/c1-3-23-30-31-24(32)14-20(29-26(31)36-23)16-35-21-11-10-17(13-22(21)34-4-2)12-18(15-27)25(33)28-19-8-6-5-7-9-19/h5-14H,3-4,16H2,1-2H3,(H,28,33). The molecule has 2 aromatic carbocycles. The lowest BCUT2D eigenvalue weighted by molar-refractivity contribution is -0.112. The second-order valence-electron chi connectivity index (χ2n) is 7.55.